The third-order valence-electron chi connectivity index (χ3n) is 4.43. The molecule has 2 rings (SSSR count). The first-order valence-corrected chi connectivity index (χ1v) is 9.88. The number of carbonyl (C=O) groups excluding carboxylic acids is 1. The zero-order valence-corrected chi connectivity index (χ0v) is 15.2. The minimum absolute atomic E-state index is 0.0541. The first kappa shape index (κ1) is 18.6. The Morgan fingerprint density at radius 3 is 2.42 bits per heavy atom. The van der Waals surface area contributed by atoms with Crippen LogP contribution in [0, 0.1) is 5.92 Å². The number of hydrogen-bond acceptors (Lipinski definition) is 5. The van der Waals surface area contributed by atoms with Crippen molar-refractivity contribution in [3.8, 4) is 11.5 Å². The van der Waals surface area contributed by atoms with Gasteiger partial charge in [-0.2, -0.15) is 0 Å². The lowest BCUT2D eigenvalue weighted by molar-refractivity contribution is -0.122. The van der Waals surface area contributed by atoms with Crippen molar-refractivity contribution >= 4 is 15.7 Å². The Morgan fingerprint density at radius 2 is 1.83 bits per heavy atom. The van der Waals surface area contributed by atoms with Crippen LogP contribution in [0.2, 0.25) is 0 Å². The number of nitrogens with one attached hydrogen (secondary N) is 1. The van der Waals surface area contributed by atoms with Crippen molar-refractivity contribution < 1.29 is 22.7 Å². The predicted octanol–water partition coefficient (Wildman–Crippen LogP) is 2.10. The Hall–Kier alpha value is -1.76. The van der Waals surface area contributed by atoms with Gasteiger partial charge >= 0.3 is 0 Å². The summed E-state index contributed by atoms with van der Waals surface area (Å²) in [5.41, 5.74) is 0.923. The second-order valence-corrected chi connectivity index (χ2v) is 8.51. The smallest absolute Gasteiger partial charge is 0.220 e. The molecule has 1 aromatic rings. The van der Waals surface area contributed by atoms with E-state index in [9.17, 15) is 13.2 Å². The fourth-order valence-corrected chi connectivity index (χ4v) is 4.50. The Kier molecular flexibility index (Phi) is 6.10. The summed E-state index contributed by atoms with van der Waals surface area (Å²) < 4.78 is 33.4. The lowest BCUT2D eigenvalue weighted by Crippen LogP contribution is -2.31. The maximum Gasteiger partial charge on any atom is 0.220 e. The maximum atomic E-state index is 12.2. The van der Waals surface area contributed by atoms with Gasteiger partial charge in [-0.3, -0.25) is 4.79 Å². The van der Waals surface area contributed by atoms with Gasteiger partial charge in [0.1, 0.15) is 9.84 Å². The first-order valence-electron chi connectivity index (χ1n) is 8.06. The summed E-state index contributed by atoms with van der Waals surface area (Å²) in [5, 5.41) is 2.97. The molecule has 0 spiro atoms. The molecule has 6 nitrogen and oxygen atoms in total. The van der Waals surface area contributed by atoms with E-state index in [0.717, 1.165) is 5.56 Å². The largest absolute Gasteiger partial charge is 0.493 e. The molecule has 1 aliphatic rings. The van der Waals surface area contributed by atoms with Gasteiger partial charge in [-0.05, 0) is 43.4 Å². The van der Waals surface area contributed by atoms with Crippen LogP contribution in [0.5, 0.6) is 11.5 Å². The van der Waals surface area contributed by atoms with Crippen LogP contribution in [-0.4, -0.2) is 40.1 Å². The highest BCUT2D eigenvalue weighted by Crippen LogP contribution is 2.30. The molecule has 1 amide bonds. The third-order valence-corrected chi connectivity index (χ3v) is 6.15. The fraction of sp³-hybridized carbons (Fsp3) is 0.588. The van der Waals surface area contributed by atoms with Crippen LogP contribution in [0.15, 0.2) is 18.2 Å². The monoisotopic (exact) mass is 355 g/mol. The van der Waals surface area contributed by atoms with Crippen LogP contribution in [0.25, 0.3) is 0 Å². The van der Waals surface area contributed by atoms with Crippen LogP contribution in [0.3, 0.4) is 0 Å². The van der Waals surface area contributed by atoms with E-state index in [2.05, 4.69) is 5.32 Å². The zero-order chi connectivity index (χ0) is 17.7. The van der Waals surface area contributed by atoms with Gasteiger partial charge < -0.3 is 14.8 Å². The normalized spacial score (nSPS) is 18.6. The minimum Gasteiger partial charge on any atom is -0.493 e. The molecule has 0 radical (unpaired) electrons. The molecule has 1 heterocycles. The SMILES string of the molecule is COc1ccc(C(C)NC(=O)CC2CCS(=O)(=O)CC2)cc1OC. The van der Waals surface area contributed by atoms with Crippen molar-refractivity contribution in [2.24, 2.45) is 5.92 Å². The van der Waals surface area contributed by atoms with Gasteiger partial charge in [0.2, 0.25) is 5.91 Å². The molecule has 1 fully saturated rings. The Morgan fingerprint density at radius 1 is 1.21 bits per heavy atom. The van der Waals surface area contributed by atoms with Crippen LogP contribution in [-0.2, 0) is 14.6 Å². The summed E-state index contributed by atoms with van der Waals surface area (Å²) in [6, 6.07) is 5.38. The van der Waals surface area contributed by atoms with Crippen molar-refractivity contribution in [1.29, 1.82) is 0 Å². The van der Waals surface area contributed by atoms with E-state index in [1.807, 2.05) is 25.1 Å². The number of amides is 1. The zero-order valence-electron chi connectivity index (χ0n) is 14.4. The van der Waals surface area contributed by atoms with Gasteiger partial charge in [0.25, 0.3) is 0 Å². The highest BCUT2D eigenvalue weighted by atomic mass is 32.2. The summed E-state index contributed by atoms with van der Waals surface area (Å²) in [4.78, 5) is 12.2. The maximum absolute atomic E-state index is 12.2. The van der Waals surface area contributed by atoms with Gasteiger partial charge in [-0.1, -0.05) is 6.07 Å². The van der Waals surface area contributed by atoms with Crippen LogP contribution in [0.4, 0.5) is 0 Å². The summed E-state index contributed by atoms with van der Waals surface area (Å²) in [7, 11) is 0.259. The Labute approximate surface area is 143 Å². The topological polar surface area (TPSA) is 81.7 Å². The first-order chi connectivity index (χ1) is 11.3. The molecule has 1 saturated heterocycles. The lowest BCUT2D eigenvalue weighted by atomic mass is 9.98. The molecular weight excluding hydrogens is 330 g/mol. The van der Waals surface area contributed by atoms with Crippen LogP contribution < -0.4 is 14.8 Å². The second-order valence-electron chi connectivity index (χ2n) is 6.20. The number of rotatable bonds is 6. The summed E-state index contributed by atoms with van der Waals surface area (Å²) >= 11 is 0. The molecule has 1 aliphatic heterocycles. The van der Waals surface area contributed by atoms with Gasteiger partial charge in [-0.25, -0.2) is 8.42 Å². The fourth-order valence-electron chi connectivity index (χ4n) is 2.91. The number of benzene rings is 1. The van der Waals surface area contributed by atoms with Gasteiger partial charge in [0.05, 0.1) is 31.8 Å². The van der Waals surface area contributed by atoms with Crippen molar-refractivity contribution in [3.63, 3.8) is 0 Å². The molecule has 0 saturated carbocycles. The average molecular weight is 355 g/mol. The van der Waals surface area contributed by atoms with Crippen molar-refractivity contribution in [2.75, 3.05) is 25.7 Å². The quantitative estimate of drug-likeness (QED) is 0.845. The van der Waals surface area contributed by atoms with Crippen molar-refractivity contribution in [2.45, 2.75) is 32.2 Å². The molecule has 0 bridgehead atoms. The summed E-state index contributed by atoms with van der Waals surface area (Å²) in [5.74, 6) is 1.73. The summed E-state index contributed by atoms with van der Waals surface area (Å²) in [6.07, 6.45) is 1.51. The average Bonchev–Trinajstić information content (AvgIpc) is 2.56. The molecular formula is C17H25NO5S. The Bertz CT molecular complexity index is 672. The number of methoxy groups -OCH3 is 2. The van der Waals surface area contributed by atoms with Crippen molar-refractivity contribution in [1.82, 2.24) is 5.32 Å². The predicted molar refractivity (Wildman–Crippen MR) is 92.1 cm³/mol. The van der Waals surface area contributed by atoms with E-state index in [1.54, 1.807) is 14.2 Å². The standard InChI is InChI=1S/C17H25NO5S/c1-12(14-4-5-15(22-2)16(11-14)23-3)18-17(19)10-13-6-8-24(20,21)9-7-13/h4-5,11-13H,6-10H2,1-3H3,(H,18,19). The molecule has 0 aliphatic carbocycles. The lowest BCUT2D eigenvalue weighted by Gasteiger charge is -2.22. The van der Waals surface area contributed by atoms with E-state index in [-0.39, 0.29) is 29.4 Å². The second kappa shape index (κ2) is 7.88. The molecule has 7 heteroatoms. The minimum atomic E-state index is -2.89. The van der Waals surface area contributed by atoms with Gasteiger partial charge in [0.15, 0.2) is 11.5 Å². The molecule has 1 unspecified atom stereocenters. The van der Waals surface area contributed by atoms with E-state index in [0.29, 0.717) is 30.8 Å². The molecule has 1 N–H and O–H groups in total. The van der Waals surface area contributed by atoms with Gasteiger partial charge in [-0.15, -0.1) is 0 Å². The number of carbonyl (C=O) groups is 1. The highest BCUT2D eigenvalue weighted by Gasteiger charge is 2.25. The molecule has 134 valence electrons. The van der Waals surface area contributed by atoms with Crippen molar-refractivity contribution in [3.05, 3.63) is 23.8 Å². The summed E-state index contributed by atoms with van der Waals surface area (Å²) in [6.45, 7) is 1.91. The number of ether oxygens (including phenoxy) is 2. The highest BCUT2D eigenvalue weighted by molar-refractivity contribution is 7.91. The van der Waals surface area contributed by atoms with E-state index in [1.165, 1.54) is 0 Å². The van der Waals surface area contributed by atoms with E-state index < -0.39 is 9.84 Å². The third kappa shape index (κ3) is 4.87. The molecule has 1 atom stereocenters. The van der Waals surface area contributed by atoms with E-state index >= 15 is 0 Å². The number of sulfone groups is 1. The van der Waals surface area contributed by atoms with Crippen LogP contribution in [0.1, 0.15) is 37.8 Å². The molecule has 0 aromatic heterocycles. The van der Waals surface area contributed by atoms with Crippen LogP contribution >= 0.6 is 0 Å². The molecule has 24 heavy (non-hydrogen) atoms. The van der Waals surface area contributed by atoms with E-state index in [4.69, 9.17) is 9.47 Å². The molecule has 1 aromatic carbocycles. The van der Waals surface area contributed by atoms with Gasteiger partial charge in [0, 0.05) is 6.42 Å². The number of hydrogen-bond donors (Lipinski definition) is 1. The Balaban J connectivity index is 1.92.